The summed E-state index contributed by atoms with van der Waals surface area (Å²) in [6, 6.07) is 17.4. The molecule has 0 saturated carbocycles. The van der Waals surface area contributed by atoms with Crippen molar-refractivity contribution in [2.45, 2.75) is 90.6 Å². The summed E-state index contributed by atoms with van der Waals surface area (Å²) in [7, 11) is 0. The van der Waals surface area contributed by atoms with E-state index < -0.39 is 0 Å². The molecule has 0 aliphatic heterocycles. The van der Waals surface area contributed by atoms with Gasteiger partial charge >= 0.3 is 0 Å². The van der Waals surface area contributed by atoms with Gasteiger partial charge in [-0.1, -0.05) is 101 Å². The smallest absolute Gasteiger partial charge is 0.259 e. The lowest BCUT2D eigenvalue weighted by molar-refractivity contribution is -0.126. The van der Waals surface area contributed by atoms with Crippen LogP contribution in [0.1, 0.15) is 95.1 Å². The van der Waals surface area contributed by atoms with E-state index in [0.29, 0.717) is 13.0 Å². The van der Waals surface area contributed by atoms with Crippen LogP contribution in [-0.4, -0.2) is 24.6 Å². The quantitative estimate of drug-likeness (QED) is 0.133. The van der Waals surface area contributed by atoms with Gasteiger partial charge in [0.1, 0.15) is 12.4 Å². The zero-order chi connectivity index (χ0) is 25.7. The number of ether oxygens (including phenoxy) is 1. The van der Waals surface area contributed by atoms with Gasteiger partial charge in [0.2, 0.25) is 5.91 Å². The first kappa shape index (κ1) is 29.1. The van der Waals surface area contributed by atoms with Crippen LogP contribution in [0.3, 0.4) is 0 Å². The van der Waals surface area contributed by atoms with E-state index >= 15 is 0 Å². The van der Waals surface area contributed by atoms with Crippen molar-refractivity contribution in [3.05, 3.63) is 65.7 Å². The topological polar surface area (TPSA) is 79.8 Å². The molecule has 0 atom stereocenters. The zero-order valence-corrected chi connectivity index (χ0v) is 21.8. The summed E-state index contributed by atoms with van der Waals surface area (Å²) in [5.41, 5.74) is 4.39. The number of nitrogens with one attached hydrogen (secondary N) is 2. The molecule has 0 aliphatic carbocycles. The van der Waals surface area contributed by atoms with Crippen molar-refractivity contribution in [3.8, 4) is 5.75 Å². The van der Waals surface area contributed by atoms with Gasteiger partial charge in [0.25, 0.3) is 5.91 Å². The fourth-order valence-electron chi connectivity index (χ4n) is 3.83. The second kappa shape index (κ2) is 19.1. The molecule has 196 valence electrons. The minimum Gasteiger partial charge on any atom is -0.489 e. The average molecular weight is 494 g/mol. The van der Waals surface area contributed by atoms with Gasteiger partial charge in [0.05, 0.1) is 12.8 Å². The van der Waals surface area contributed by atoms with Crippen LogP contribution in [-0.2, 0) is 16.2 Å². The zero-order valence-electron chi connectivity index (χ0n) is 21.8. The molecule has 0 aromatic heterocycles. The van der Waals surface area contributed by atoms with Crippen LogP contribution >= 0.6 is 0 Å². The highest BCUT2D eigenvalue weighted by Crippen LogP contribution is 2.14. The molecule has 0 radical (unpaired) electrons. The number of benzene rings is 2. The predicted octanol–water partition coefficient (Wildman–Crippen LogP) is 6.53. The molecule has 2 N–H and O–H groups in total. The van der Waals surface area contributed by atoms with Crippen LogP contribution in [0.15, 0.2) is 59.7 Å². The molecule has 2 rings (SSSR count). The molecule has 2 aromatic rings. The number of rotatable bonds is 19. The van der Waals surface area contributed by atoms with Gasteiger partial charge in [-0.05, 0) is 41.8 Å². The van der Waals surface area contributed by atoms with E-state index in [9.17, 15) is 9.59 Å². The molecular formula is C30H43N3O3. The number of carbonyl (C=O) groups excluding carboxylic acids is 2. The first-order valence-electron chi connectivity index (χ1n) is 13.5. The largest absolute Gasteiger partial charge is 0.489 e. The number of amides is 2. The van der Waals surface area contributed by atoms with Crippen LogP contribution in [0.2, 0.25) is 0 Å². The number of hydrogen-bond acceptors (Lipinski definition) is 4. The maximum atomic E-state index is 11.9. The number of hydrogen-bond donors (Lipinski definition) is 2. The molecule has 0 aliphatic rings. The molecule has 0 saturated heterocycles. The van der Waals surface area contributed by atoms with Crippen LogP contribution in [0.25, 0.3) is 0 Å². The standard InChI is InChI=1S/C30H43N3O3/c1-2-3-4-5-6-7-8-9-10-11-15-18-29(34)31-24-30(35)33-32-23-26-19-21-28(22-20-26)36-25-27-16-13-12-14-17-27/h12-14,16-17,19-23H,2-11,15,18,24-25H2,1H3,(H,31,34)(H,33,35). The Labute approximate surface area is 216 Å². The van der Waals surface area contributed by atoms with E-state index in [1.54, 1.807) is 6.21 Å². The molecule has 0 heterocycles. The van der Waals surface area contributed by atoms with Crippen molar-refractivity contribution in [1.82, 2.24) is 10.7 Å². The number of nitrogens with zero attached hydrogens (tertiary/aromatic N) is 1. The van der Waals surface area contributed by atoms with Crippen molar-refractivity contribution in [2.24, 2.45) is 5.10 Å². The molecular weight excluding hydrogens is 450 g/mol. The fraction of sp³-hybridized carbons (Fsp3) is 0.500. The lowest BCUT2D eigenvalue weighted by Gasteiger charge is -2.06. The maximum Gasteiger partial charge on any atom is 0.259 e. The summed E-state index contributed by atoms with van der Waals surface area (Å²) in [5, 5.41) is 6.62. The Morgan fingerprint density at radius 1 is 0.778 bits per heavy atom. The molecule has 0 fully saturated rings. The Morgan fingerprint density at radius 3 is 2.03 bits per heavy atom. The molecule has 0 bridgehead atoms. The average Bonchev–Trinajstić information content (AvgIpc) is 2.90. The summed E-state index contributed by atoms with van der Waals surface area (Å²) in [5.74, 6) is 0.332. The van der Waals surface area contributed by atoms with Gasteiger partial charge in [-0.25, -0.2) is 5.43 Å². The Bertz CT molecular complexity index is 882. The summed E-state index contributed by atoms with van der Waals surface area (Å²) in [6.07, 6.45) is 15.8. The molecule has 0 spiro atoms. The van der Waals surface area contributed by atoms with Gasteiger partial charge < -0.3 is 10.1 Å². The Kier molecular flexibility index (Phi) is 15.4. The van der Waals surface area contributed by atoms with Gasteiger partial charge in [0.15, 0.2) is 0 Å². The number of hydrazone groups is 1. The summed E-state index contributed by atoms with van der Waals surface area (Å²) in [6.45, 7) is 2.69. The third-order valence-electron chi connectivity index (χ3n) is 5.98. The molecule has 6 heteroatoms. The third-order valence-corrected chi connectivity index (χ3v) is 5.98. The predicted molar refractivity (Wildman–Crippen MR) is 147 cm³/mol. The van der Waals surface area contributed by atoms with E-state index in [1.165, 1.54) is 57.8 Å². The summed E-state index contributed by atoms with van der Waals surface area (Å²) in [4.78, 5) is 23.8. The Balaban J connectivity index is 1.48. The van der Waals surface area contributed by atoms with E-state index in [4.69, 9.17) is 4.74 Å². The second-order valence-electron chi connectivity index (χ2n) is 9.20. The van der Waals surface area contributed by atoms with Crippen LogP contribution in [0.5, 0.6) is 5.75 Å². The first-order chi connectivity index (χ1) is 17.7. The highest BCUT2D eigenvalue weighted by molar-refractivity contribution is 5.86. The molecule has 6 nitrogen and oxygen atoms in total. The van der Waals surface area contributed by atoms with Gasteiger partial charge in [-0.2, -0.15) is 5.10 Å². The van der Waals surface area contributed by atoms with Crippen LogP contribution in [0.4, 0.5) is 0 Å². The molecule has 2 amide bonds. The minimum absolute atomic E-state index is 0.0690. The first-order valence-corrected chi connectivity index (χ1v) is 13.5. The second-order valence-corrected chi connectivity index (χ2v) is 9.20. The lowest BCUT2D eigenvalue weighted by atomic mass is 10.1. The summed E-state index contributed by atoms with van der Waals surface area (Å²) < 4.78 is 5.76. The van der Waals surface area contributed by atoms with Crippen molar-refractivity contribution in [1.29, 1.82) is 0 Å². The Morgan fingerprint density at radius 2 is 1.39 bits per heavy atom. The fourth-order valence-corrected chi connectivity index (χ4v) is 3.83. The maximum absolute atomic E-state index is 11.9. The van der Waals surface area contributed by atoms with E-state index in [0.717, 1.165) is 29.7 Å². The van der Waals surface area contributed by atoms with E-state index in [-0.39, 0.29) is 18.4 Å². The molecule has 36 heavy (non-hydrogen) atoms. The lowest BCUT2D eigenvalue weighted by Crippen LogP contribution is -2.34. The SMILES string of the molecule is CCCCCCCCCCCCCC(=O)NCC(=O)NN=Cc1ccc(OCc2ccccc2)cc1. The van der Waals surface area contributed by atoms with E-state index in [1.807, 2.05) is 54.6 Å². The van der Waals surface area contributed by atoms with Crippen molar-refractivity contribution in [2.75, 3.05) is 6.54 Å². The van der Waals surface area contributed by atoms with Crippen LogP contribution in [0, 0.1) is 0 Å². The monoisotopic (exact) mass is 493 g/mol. The normalized spacial score (nSPS) is 10.9. The van der Waals surface area contributed by atoms with Crippen molar-refractivity contribution < 1.29 is 14.3 Å². The Hall–Kier alpha value is -3.15. The highest BCUT2D eigenvalue weighted by atomic mass is 16.5. The number of unbranched alkanes of at least 4 members (excludes halogenated alkanes) is 10. The summed E-state index contributed by atoms with van der Waals surface area (Å²) >= 11 is 0. The van der Waals surface area contributed by atoms with E-state index in [2.05, 4.69) is 22.8 Å². The van der Waals surface area contributed by atoms with Gasteiger partial charge in [-0.15, -0.1) is 0 Å². The highest BCUT2D eigenvalue weighted by Gasteiger charge is 2.05. The van der Waals surface area contributed by atoms with Crippen molar-refractivity contribution >= 4 is 18.0 Å². The molecule has 0 unspecified atom stereocenters. The van der Waals surface area contributed by atoms with Gasteiger partial charge in [0, 0.05) is 6.42 Å². The van der Waals surface area contributed by atoms with Crippen LogP contribution < -0.4 is 15.5 Å². The number of carbonyl (C=O) groups is 2. The van der Waals surface area contributed by atoms with Gasteiger partial charge in [-0.3, -0.25) is 9.59 Å². The molecule has 2 aromatic carbocycles. The minimum atomic E-state index is -0.346. The van der Waals surface area contributed by atoms with Crippen molar-refractivity contribution in [3.63, 3.8) is 0 Å². The third kappa shape index (κ3) is 14.3.